The third-order valence-corrected chi connectivity index (χ3v) is 1.61. The van der Waals surface area contributed by atoms with E-state index in [-0.39, 0.29) is 18.9 Å². The predicted octanol–water partition coefficient (Wildman–Crippen LogP) is 1.22. The lowest BCUT2D eigenvalue weighted by Crippen LogP contribution is -1.99. The molecule has 0 aromatic heterocycles. The van der Waals surface area contributed by atoms with E-state index in [4.69, 9.17) is 4.74 Å². The van der Waals surface area contributed by atoms with E-state index in [1.807, 2.05) is 0 Å². The second-order valence-corrected chi connectivity index (χ2v) is 2.52. The minimum absolute atomic E-state index is 0.00148. The minimum Gasteiger partial charge on any atom is -0.368 e. The highest BCUT2D eigenvalue weighted by molar-refractivity contribution is 5.51. The lowest BCUT2D eigenvalue weighted by Gasteiger charge is -2.01. The lowest BCUT2D eigenvalue weighted by atomic mass is 10.2. The molecule has 5 nitrogen and oxygen atoms in total. The molecular weight excluding hydrogens is 186 g/mol. The van der Waals surface area contributed by atoms with Gasteiger partial charge in [-0.15, -0.1) is 0 Å². The molecule has 14 heavy (non-hydrogen) atoms. The molecule has 0 saturated heterocycles. The number of hydrogen-bond acceptors (Lipinski definition) is 4. The first kappa shape index (κ1) is 10.3. The number of rotatable bonds is 5. The summed E-state index contributed by atoms with van der Waals surface area (Å²) < 4.78 is 4.83. The Kier molecular flexibility index (Phi) is 3.75. The van der Waals surface area contributed by atoms with Gasteiger partial charge in [0.1, 0.15) is 6.61 Å². The van der Waals surface area contributed by atoms with Crippen molar-refractivity contribution in [2.75, 3.05) is 6.61 Å². The van der Waals surface area contributed by atoms with Crippen molar-refractivity contribution in [3.8, 4) is 0 Å². The van der Waals surface area contributed by atoms with Gasteiger partial charge in [0.2, 0.25) is 6.29 Å². The number of carbonyl (C=O) groups excluding carboxylic acids is 1. The quantitative estimate of drug-likeness (QED) is 0.401. The smallest absolute Gasteiger partial charge is 0.274 e. The van der Waals surface area contributed by atoms with Crippen LogP contribution < -0.4 is 0 Å². The number of ether oxygens (including phenoxy) is 1. The van der Waals surface area contributed by atoms with Crippen molar-refractivity contribution < 1.29 is 14.5 Å². The first-order chi connectivity index (χ1) is 6.75. The topological polar surface area (TPSA) is 69.4 Å². The molecule has 0 amide bonds. The molecule has 5 heteroatoms. The third-order valence-electron chi connectivity index (χ3n) is 1.61. The van der Waals surface area contributed by atoms with Crippen molar-refractivity contribution in [3.63, 3.8) is 0 Å². The van der Waals surface area contributed by atoms with Crippen molar-refractivity contribution in [1.29, 1.82) is 0 Å². The Labute approximate surface area is 80.5 Å². The largest absolute Gasteiger partial charge is 0.368 e. The van der Waals surface area contributed by atoms with Crippen LogP contribution in [0.2, 0.25) is 0 Å². The molecule has 0 heterocycles. The minimum atomic E-state index is -0.483. The summed E-state index contributed by atoms with van der Waals surface area (Å²) in [4.78, 5) is 19.9. The summed E-state index contributed by atoms with van der Waals surface area (Å²) in [6.45, 7) is -0.127. The van der Waals surface area contributed by atoms with Crippen LogP contribution in [0.15, 0.2) is 24.3 Å². The van der Waals surface area contributed by atoms with Crippen LogP contribution in [0.1, 0.15) is 5.56 Å². The molecule has 0 aliphatic rings. The van der Waals surface area contributed by atoms with Crippen LogP contribution in [0.5, 0.6) is 0 Å². The number of nitro groups is 1. The normalized spacial score (nSPS) is 9.71. The van der Waals surface area contributed by atoms with Gasteiger partial charge in [-0.2, -0.15) is 0 Å². The zero-order valence-corrected chi connectivity index (χ0v) is 7.30. The van der Waals surface area contributed by atoms with Crippen molar-refractivity contribution in [3.05, 3.63) is 39.9 Å². The van der Waals surface area contributed by atoms with Crippen molar-refractivity contribution in [1.82, 2.24) is 0 Å². The fourth-order valence-electron chi connectivity index (χ4n) is 1.01. The van der Waals surface area contributed by atoms with E-state index in [1.54, 1.807) is 24.5 Å². The maximum absolute atomic E-state index is 10.5. The molecule has 0 aliphatic carbocycles. The summed E-state index contributed by atoms with van der Waals surface area (Å²) in [6.07, 6.45) is 1.54. The summed E-state index contributed by atoms with van der Waals surface area (Å²) in [5, 5.41) is 10.5. The zero-order chi connectivity index (χ0) is 10.4. The molecule has 0 N–H and O–H groups in total. The lowest BCUT2D eigenvalue weighted by molar-refractivity contribution is -0.385. The Morgan fingerprint density at radius 1 is 1.43 bits per heavy atom. The van der Waals surface area contributed by atoms with E-state index >= 15 is 0 Å². The number of para-hydroxylation sites is 1. The molecule has 0 spiro atoms. The van der Waals surface area contributed by atoms with E-state index in [1.165, 1.54) is 6.07 Å². The van der Waals surface area contributed by atoms with Crippen LogP contribution in [0.25, 0.3) is 0 Å². The second-order valence-electron chi connectivity index (χ2n) is 2.52. The molecule has 0 saturated carbocycles. The van der Waals surface area contributed by atoms with Crippen molar-refractivity contribution in [2.45, 2.75) is 6.61 Å². The maximum atomic E-state index is 10.5. The monoisotopic (exact) mass is 194 g/mol. The van der Waals surface area contributed by atoms with Gasteiger partial charge in [-0.1, -0.05) is 12.1 Å². The first-order valence-corrected chi connectivity index (χ1v) is 3.90. The summed E-state index contributed by atoms with van der Waals surface area (Å²) in [5.41, 5.74) is 0.450. The third kappa shape index (κ3) is 2.63. The Bertz CT molecular complexity index is 337. The SMILES string of the molecule is O=[C]COCc1ccccc1[N+](=O)[O-]. The molecule has 0 unspecified atom stereocenters. The van der Waals surface area contributed by atoms with Gasteiger partial charge < -0.3 is 4.74 Å². The number of nitro benzene ring substituents is 1. The van der Waals surface area contributed by atoms with Crippen LogP contribution in [0.3, 0.4) is 0 Å². The van der Waals surface area contributed by atoms with E-state index in [2.05, 4.69) is 0 Å². The van der Waals surface area contributed by atoms with Crippen LogP contribution in [0, 0.1) is 10.1 Å². The zero-order valence-electron chi connectivity index (χ0n) is 7.30. The number of benzene rings is 1. The van der Waals surface area contributed by atoms with Gasteiger partial charge in [0.15, 0.2) is 0 Å². The van der Waals surface area contributed by atoms with Crippen LogP contribution in [-0.2, 0) is 16.1 Å². The molecule has 0 bridgehead atoms. The average Bonchev–Trinajstić information content (AvgIpc) is 2.19. The van der Waals surface area contributed by atoms with E-state index in [0.717, 1.165) is 0 Å². The Morgan fingerprint density at radius 3 is 2.79 bits per heavy atom. The van der Waals surface area contributed by atoms with Crippen LogP contribution >= 0.6 is 0 Å². The molecule has 0 fully saturated rings. The van der Waals surface area contributed by atoms with Gasteiger partial charge in [0, 0.05) is 6.07 Å². The fraction of sp³-hybridized carbons (Fsp3) is 0.222. The van der Waals surface area contributed by atoms with Gasteiger partial charge in [0.25, 0.3) is 5.69 Å². The summed E-state index contributed by atoms with van der Waals surface area (Å²) in [6, 6.07) is 6.23. The van der Waals surface area contributed by atoms with Gasteiger partial charge >= 0.3 is 0 Å². The first-order valence-electron chi connectivity index (χ1n) is 3.90. The number of nitrogens with zero attached hydrogens (tertiary/aromatic N) is 1. The maximum Gasteiger partial charge on any atom is 0.274 e. The molecule has 73 valence electrons. The van der Waals surface area contributed by atoms with E-state index in [9.17, 15) is 14.9 Å². The Hall–Kier alpha value is -1.75. The number of hydrogen-bond donors (Lipinski definition) is 0. The van der Waals surface area contributed by atoms with Crippen LogP contribution in [-0.4, -0.2) is 17.8 Å². The van der Waals surface area contributed by atoms with Crippen LogP contribution in [0.4, 0.5) is 5.69 Å². The standard InChI is InChI=1S/C9H8NO4/c11-5-6-14-7-8-3-1-2-4-9(8)10(12)13/h1-4H,6-7H2. The molecule has 0 atom stereocenters. The highest BCUT2D eigenvalue weighted by Crippen LogP contribution is 2.17. The van der Waals surface area contributed by atoms with Gasteiger partial charge in [-0.25, -0.2) is 0 Å². The van der Waals surface area contributed by atoms with E-state index < -0.39 is 4.92 Å². The summed E-state index contributed by atoms with van der Waals surface area (Å²) >= 11 is 0. The second kappa shape index (κ2) is 5.08. The molecule has 1 rings (SSSR count). The summed E-state index contributed by atoms with van der Waals surface area (Å²) in [5.74, 6) is 0. The fourth-order valence-corrected chi connectivity index (χ4v) is 1.01. The Balaban J connectivity index is 2.74. The van der Waals surface area contributed by atoms with Gasteiger partial charge in [0.05, 0.1) is 17.1 Å². The Morgan fingerprint density at radius 2 is 2.14 bits per heavy atom. The van der Waals surface area contributed by atoms with Crippen molar-refractivity contribution in [2.24, 2.45) is 0 Å². The molecule has 1 radical (unpaired) electrons. The van der Waals surface area contributed by atoms with Crippen molar-refractivity contribution >= 4 is 12.0 Å². The van der Waals surface area contributed by atoms with Gasteiger partial charge in [-0.3, -0.25) is 14.9 Å². The van der Waals surface area contributed by atoms with E-state index in [0.29, 0.717) is 5.56 Å². The highest BCUT2D eigenvalue weighted by Gasteiger charge is 2.11. The predicted molar refractivity (Wildman–Crippen MR) is 48.4 cm³/mol. The molecule has 1 aromatic rings. The summed E-state index contributed by atoms with van der Waals surface area (Å²) in [7, 11) is 0. The average molecular weight is 194 g/mol. The molecule has 1 aromatic carbocycles. The van der Waals surface area contributed by atoms with Gasteiger partial charge in [-0.05, 0) is 6.07 Å². The molecular formula is C9H8NO4. The molecule has 0 aliphatic heterocycles. The highest BCUT2D eigenvalue weighted by atomic mass is 16.6.